The predicted molar refractivity (Wildman–Crippen MR) is 64.5 cm³/mol. The molecule has 2 unspecified atom stereocenters. The Balaban J connectivity index is 1.69. The minimum Gasteiger partial charge on any atom is -0.393 e. The molecule has 1 aliphatic carbocycles. The van der Waals surface area contributed by atoms with Crippen molar-refractivity contribution in [2.24, 2.45) is 11.8 Å². The summed E-state index contributed by atoms with van der Waals surface area (Å²) in [5.74, 6) is 0.906. The van der Waals surface area contributed by atoms with Crippen molar-refractivity contribution in [3.05, 3.63) is 0 Å². The third-order valence-electron chi connectivity index (χ3n) is 4.03. The van der Waals surface area contributed by atoms with E-state index in [9.17, 15) is 9.90 Å². The first-order valence-electron chi connectivity index (χ1n) is 6.74. The number of ether oxygens (including phenoxy) is 1. The molecule has 4 nitrogen and oxygen atoms in total. The molecule has 1 amide bonds. The fourth-order valence-corrected chi connectivity index (χ4v) is 2.73. The highest BCUT2D eigenvalue weighted by atomic mass is 16.5. The van der Waals surface area contributed by atoms with Crippen LogP contribution in [0.25, 0.3) is 0 Å². The second-order valence-corrected chi connectivity index (χ2v) is 5.48. The Labute approximate surface area is 103 Å². The lowest BCUT2D eigenvalue weighted by atomic mass is 9.87. The molecular formula is C13H23NO3. The number of carbonyl (C=O) groups excluding carboxylic acids is 1. The van der Waals surface area contributed by atoms with Gasteiger partial charge in [-0.1, -0.05) is 6.92 Å². The van der Waals surface area contributed by atoms with Crippen LogP contribution >= 0.6 is 0 Å². The van der Waals surface area contributed by atoms with E-state index in [2.05, 4.69) is 12.2 Å². The van der Waals surface area contributed by atoms with Gasteiger partial charge in [-0.15, -0.1) is 0 Å². The van der Waals surface area contributed by atoms with E-state index in [4.69, 9.17) is 4.74 Å². The van der Waals surface area contributed by atoms with Gasteiger partial charge in [0.15, 0.2) is 0 Å². The van der Waals surface area contributed by atoms with E-state index in [0.717, 1.165) is 38.6 Å². The molecule has 2 fully saturated rings. The lowest BCUT2D eigenvalue weighted by Gasteiger charge is -2.26. The molecule has 2 aliphatic rings. The number of rotatable bonds is 3. The van der Waals surface area contributed by atoms with E-state index >= 15 is 0 Å². The molecule has 2 N–H and O–H groups in total. The van der Waals surface area contributed by atoms with Crippen molar-refractivity contribution in [1.82, 2.24) is 5.32 Å². The Bertz CT molecular complexity index is 261. The number of amides is 1. The number of hydrogen-bond donors (Lipinski definition) is 2. The molecule has 0 spiro atoms. The summed E-state index contributed by atoms with van der Waals surface area (Å²) in [4.78, 5) is 11.9. The Kier molecular flexibility index (Phi) is 4.40. The first-order valence-corrected chi connectivity index (χ1v) is 6.74. The zero-order valence-electron chi connectivity index (χ0n) is 10.5. The van der Waals surface area contributed by atoms with Gasteiger partial charge in [0.2, 0.25) is 5.91 Å². The molecule has 0 aromatic carbocycles. The minimum atomic E-state index is -0.246. The van der Waals surface area contributed by atoms with Gasteiger partial charge in [0, 0.05) is 13.2 Å². The van der Waals surface area contributed by atoms with Crippen LogP contribution in [0.15, 0.2) is 0 Å². The van der Waals surface area contributed by atoms with Gasteiger partial charge < -0.3 is 15.2 Å². The fourth-order valence-electron chi connectivity index (χ4n) is 2.73. The van der Waals surface area contributed by atoms with Gasteiger partial charge in [-0.05, 0) is 43.9 Å². The lowest BCUT2D eigenvalue weighted by Crippen LogP contribution is -2.40. The van der Waals surface area contributed by atoms with Crippen molar-refractivity contribution in [3.8, 4) is 0 Å². The number of carbonyl (C=O) groups is 1. The van der Waals surface area contributed by atoms with Crippen molar-refractivity contribution in [2.75, 3.05) is 13.2 Å². The van der Waals surface area contributed by atoms with Crippen LogP contribution in [0.2, 0.25) is 0 Å². The van der Waals surface area contributed by atoms with Crippen molar-refractivity contribution in [3.63, 3.8) is 0 Å². The summed E-state index contributed by atoms with van der Waals surface area (Å²) in [6, 6.07) is 0. The van der Waals surface area contributed by atoms with E-state index in [1.165, 1.54) is 0 Å². The number of aliphatic hydroxyl groups excluding tert-OH is 1. The first-order chi connectivity index (χ1) is 8.16. The molecule has 1 heterocycles. The molecule has 1 saturated carbocycles. The summed E-state index contributed by atoms with van der Waals surface area (Å²) >= 11 is 0. The topological polar surface area (TPSA) is 58.6 Å². The summed E-state index contributed by atoms with van der Waals surface area (Å²) in [6.45, 7) is 3.50. The third-order valence-corrected chi connectivity index (χ3v) is 4.03. The molecular weight excluding hydrogens is 218 g/mol. The van der Waals surface area contributed by atoms with Gasteiger partial charge in [0.25, 0.3) is 0 Å². The van der Waals surface area contributed by atoms with Crippen LogP contribution in [0.5, 0.6) is 0 Å². The van der Waals surface area contributed by atoms with E-state index in [-0.39, 0.29) is 18.1 Å². The average molecular weight is 241 g/mol. The molecule has 98 valence electrons. The van der Waals surface area contributed by atoms with E-state index < -0.39 is 0 Å². The van der Waals surface area contributed by atoms with Crippen LogP contribution in [0, 0.1) is 11.8 Å². The maximum atomic E-state index is 11.9. The Morgan fingerprint density at radius 2 is 2.00 bits per heavy atom. The number of aliphatic hydroxyl groups is 1. The highest BCUT2D eigenvalue weighted by Crippen LogP contribution is 2.24. The first kappa shape index (κ1) is 12.8. The predicted octanol–water partition coefficient (Wildman–Crippen LogP) is 1.08. The van der Waals surface area contributed by atoms with Crippen molar-refractivity contribution < 1.29 is 14.6 Å². The van der Waals surface area contributed by atoms with E-state index in [1.54, 1.807) is 0 Å². The Hall–Kier alpha value is -0.610. The Morgan fingerprint density at radius 1 is 1.29 bits per heavy atom. The molecule has 1 saturated heterocycles. The van der Waals surface area contributed by atoms with Gasteiger partial charge >= 0.3 is 0 Å². The summed E-state index contributed by atoms with van der Waals surface area (Å²) in [5, 5.41) is 12.4. The van der Waals surface area contributed by atoms with Crippen molar-refractivity contribution in [2.45, 2.75) is 51.2 Å². The second kappa shape index (κ2) is 5.83. The largest absolute Gasteiger partial charge is 0.393 e. The van der Waals surface area contributed by atoms with Crippen LogP contribution in [0.3, 0.4) is 0 Å². The molecule has 0 bridgehead atoms. The second-order valence-electron chi connectivity index (χ2n) is 5.48. The van der Waals surface area contributed by atoms with Gasteiger partial charge in [0.1, 0.15) is 6.10 Å². The average Bonchev–Trinajstić information content (AvgIpc) is 2.74. The van der Waals surface area contributed by atoms with Crippen molar-refractivity contribution in [1.29, 1.82) is 0 Å². The minimum absolute atomic E-state index is 0.0427. The summed E-state index contributed by atoms with van der Waals surface area (Å²) in [6.07, 6.45) is 4.39. The number of hydrogen-bond acceptors (Lipinski definition) is 3. The quantitative estimate of drug-likeness (QED) is 0.777. The fraction of sp³-hybridized carbons (Fsp3) is 0.923. The molecule has 4 heteroatoms. The maximum absolute atomic E-state index is 11.9. The van der Waals surface area contributed by atoms with Crippen LogP contribution < -0.4 is 5.32 Å². The zero-order valence-corrected chi connectivity index (χ0v) is 10.5. The Morgan fingerprint density at radius 3 is 2.59 bits per heavy atom. The van der Waals surface area contributed by atoms with E-state index in [0.29, 0.717) is 18.4 Å². The van der Waals surface area contributed by atoms with Crippen LogP contribution in [0.1, 0.15) is 39.0 Å². The van der Waals surface area contributed by atoms with Crippen LogP contribution in [0.4, 0.5) is 0 Å². The third kappa shape index (κ3) is 3.42. The maximum Gasteiger partial charge on any atom is 0.249 e. The van der Waals surface area contributed by atoms with Crippen LogP contribution in [-0.2, 0) is 9.53 Å². The molecule has 17 heavy (non-hydrogen) atoms. The van der Waals surface area contributed by atoms with Crippen LogP contribution in [-0.4, -0.2) is 36.4 Å². The molecule has 2 rings (SSSR count). The number of nitrogens with one attached hydrogen (secondary N) is 1. The lowest BCUT2D eigenvalue weighted by molar-refractivity contribution is -0.131. The summed E-state index contributed by atoms with van der Waals surface area (Å²) in [7, 11) is 0. The highest BCUT2D eigenvalue weighted by Gasteiger charge is 2.31. The van der Waals surface area contributed by atoms with E-state index in [1.807, 2.05) is 0 Å². The molecule has 0 aromatic rings. The monoisotopic (exact) mass is 241 g/mol. The molecule has 0 radical (unpaired) electrons. The zero-order chi connectivity index (χ0) is 12.3. The molecule has 0 aromatic heterocycles. The normalized spacial score (nSPS) is 38.0. The summed E-state index contributed by atoms with van der Waals surface area (Å²) in [5.41, 5.74) is 0. The smallest absolute Gasteiger partial charge is 0.249 e. The van der Waals surface area contributed by atoms with Crippen molar-refractivity contribution >= 4 is 5.91 Å². The van der Waals surface area contributed by atoms with Gasteiger partial charge in [0.05, 0.1) is 6.10 Å². The van der Waals surface area contributed by atoms with Gasteiger partial charge in [-0.25, -0.2) is 0 Å². The molecule has 2 atom stereocenters. The highest BCUT2D eigenvalue weighted by molar-refractivity contribution is 5.81. The standard InChI is InChI=1S/C13H23NO3/c1-9-6-7-17-12(9)13(16)14-8-10-2-4-11(15)5-3-10/h9-12,15H,2-8H2,1H3,(H,14,16). The SMILES string of the molecule is CC1CCOC1C(=O)NCC1CCC(O)CC1. The summed E-state index contributed by atoms with van der Waals surface area (Å²) < 4.78 is 5.43. The molecule has 1 aliphatic heterocycles. The van der Waals surface area contributed by atoms with Gasteiger partial charge in [-0.3, -0.25) is 4.79 Å². The van der Waals surface area contributed by atoms with Gasteiger partial charge in [-0.2, -0.15) is 0 Å².